The molecule has 7 nitrogen and oxygen atoms in total. The van der Waals surface area contributed by atoms with Crippen molar-refractivity contribution in [3.8, 4) is 11.1 Å². The molecule has 2 amide bonds. The summed E-state index contributed by atoms with van der Waals surface area (Å²) in [5.41, 5.74) is 4.27. The van der Waals surface area contributed by atoms with Gasteiger partial charge in [-0.05, 0) is 34.1 Å². The van der Waals surface area contributed by atoms with Crippen molar-refractivity contribution < 1.29 is 37.4 Å². The predicted octanol–water partition coefficient (Wildman–Crippen LogP) is 4.32. The van der Waals surface area contributed by atoms with Gasteiger partial charge in [-0.15, -0.1) is 0 Å². The summed E-state index contributed by atoms with van der Waals surface area (Å²) < 4.78 is 43.9. The van der Waals surface area contributed by atoms with E-state index in [4.69, 9.17) is 9.84 Å². The maximum atomic E-state index is 12.8. The number of alkyl carbamates (subject to hydrolysis) is 1. The van der Waals surface area contributed by atoms with Crippen LogP contribution in [0.4, 0.5) is 18.0 Å². The summed E-state index contributed by atoms with van der Waals surface area (Å²) in [6.45, 7) is 3.57. The summed E-state index contributed by atoms with van der Waals surface area (Å²) in [5.74, 6) is -4.09. The lowest BCUT2D eigenvalue weighted by molar-refractivity contribution is -0.182. The largest absolute Gasteiger partial charge is 0.479 e. The maximum absolute atomic E-state index is 12.8. The zero-order valence-electron chi connectivity index (χ0n) is 19.3. The molecule has 3 N–H and O–H groups in total. The van der Waals surface area contributed by atoms with Crippen LogP contribution in [0.2, 0.25) is 0 Å². The van der Waals surface area contributed by atoms with E-state index in [9.17, 15) is 27.6 Å². The van der Waals surface area contributed by atoms with Gasteiger partial charge in [-0.2, -0.15) is 13.2 Å². The fourth-order valence-corrected chi connectivity index (χ4v) is 4.15. The van der Waals surface area contributed by atoms with E-state index in [-0.39, 0.29) is 31.4 Å². The average Bonchev–Trinajstić information content (AvgIpc) is 3.11. The summed E-state index contributed by atoms with van der Waals surface area (Å²) in [6.07, 6.45) is -6.22. The van der Waals surface area contributed by atoms with E-state index in [1.807, 2.05) is 48.5 Å². The van der Waals surface area contributed by atoms with Gasteiger partial charge in [0.15, 0.2) is 0 Å². The number of carboxylic acid groups (broad SMARTS) is 1. The second kappa shape index (κ2) is 10.8. The summed E-state index contributed by atoms with van der Waals surface area (Å²) in [6, 6.07) is 12.7. The molecule has 0 bridgehead atoms. The van der Waals surface area contributed by atoms with Gasteiger partial charge in [-0.25, -0.2) is 9.59 Å². The summed E-state index contributed by atoms with van der Waals surface area (Å²) in [7, 11) is 0. The Balaban J connectivity index is 1.55. The number of halogens is 3. The van der Waals surface area contributed by atoms with Crippen LogP contribution >= 0.6 is 0 Å². The highest BCUT2D eigenvalue weighted by Crippen LogP contribution is 2.44. The Kier molecular flexibility index (Phi) is 8.03. The van der Waals surface area contributed by atoms with Crippen LogP contribution < -0.4 is 10.6 Å². The van der Waals surface area contributed by atoms with Crippen molar-refractivity contribution >= 4 is 18.0 Å². The smallest absolute Gasteiger partial charge is 0.419 e. The van der Waals surface area contributed by atoms with E-state index in [1.165, 1.54) is 5.32 Å². The monoisotopic (exact) mass is 492 g/mol. The Labute approximate surface area is 200 Å². The Morgan fingerprint density at radius 3 is 2.03 bits per heavy atom. The third-order valence-corrected chi connectivity index (χ3v) is 6.12. The fraction of sp³-hybridized carbons (Fsp3) is 0.400. The van der Waals surface area contributed by atoms with Crippen LogP contribution in [0.1, 0.15) is 37.3 Å². The molecule has 0 saturated heterocycles. The number of aliphatic carboxylic acids is 1. The van der Waals surface area contributed by atoms with Gasteiger partial charge in [0.1, 0.15) is 6.61 Å². The molecule has 1 aliphatic carbocycles. The van der Waals surface area contributed by atoms with Gasteiger partial charge < -0.3 is 20.5 Å². The number of carboxylic acids is 1. The second-order valence-corrected chi connectivity index (χ2v) is 8.80. The molecule has 1 aliphatic rings. The number of ether oxygens (including phenoxy) is 1. The Morgan fingerprint density at radius 1 is 1.00 bits per heavy atom. The molecule has 0 saturated carbocycles. The molecule has 0 aliphatic heterocycles. The summed E-state index contributed by atoms with van der Waals surface area (Å²) >= 11 is 0. The lowest BCUT2D eigenvalue weighted by Crippen LogP contribution is -2.51. The molecular formula is C25H27F3N2O5. The standard InChI is InChI=1S/C25H27F3N2O5/c1-14(2)15(11-21(31)30-22(23(32)33)25(26,27)28)12-29-24(34)35-13-20-18-9-5-3-7-16(18)17-8-4-6-10-19(17)20/h3-10,14-15,20,22H,11-13H2,1-2H3,(H,29,34)(H,30,31)(H,32,33). The molecule has 0 radical (unpaired) electrons. The molecule has 188 valence electrons. The van der Waals surface area contributed by atoms with E-state index in [0.29, 0.717) is 0 Å². The van der Waals surface area contributed by atoms with Crippen molar-refractivity contribution in [3.05, 3.63) is 59.7 Å². The van der Waals surface area contributed by atoms with Gasteiger partial charge in [0.2, 0.25) is 11.9 Å². The Morgan fingerprint density at radius 2 is 1.54 bits per heavy atom. The number of rotatable bonds is 9. The lowest BCUT2D eigenvalue weighted by Gasteiger charge is -2.23. The summed E-state index contributed by atoms with van der Waals surface area (Å²) in [5, 5.41) is 12.8. The van der Waals surface area contributed by atoms with Crippen molar-refractivity contribution in [2.24, 2.45) is 11.8 Å². The number of hydrogen-bond acceptors (Lipinski definition) is 4. The first kappa shape index (κ1) is 26.1. The van der Waals surface area contributed by atoms with Gasteiger partial charge in [0.25, 0.3) is 0 Å². The number of amides is 2. The average molecular weight is 492 g/mol. The minimum atomic E-state index is -5.12. The molecule has 10 heteroatoms. The number of benzene rings is 2. The molecule has 3 rings (SSSR count). The molecule has 2 unspecified atom stereocenters. The van der Waals surface area contributed by atoms with Crippen LogP contribution in [0, 0.1) is 11.8 Å². The molecule has 2 aromatic carbocycles. The molecule has 35 heavy (non-hydrogen) atoms. The van der Waals surface area contributed by atoms with Crippen molar-refractivity contribution in [3.63, 3.8) is 0 Å². The van der Waals surface area contributed by atoms with Crippen LogP contribution in [0.25, 0.3) is 11.1 Å². The molecule has 2 atom stereocenters. The van der Waals surface area contributed by atoms with Gasteiger partial charge in [0.05, 0.1) is 0 Å². The number of alkyl halides is 3. The molecule has 0 aromatic heterocycles. The predicted molar refractivity (Wildman–Crippen MR) is 122 cm³/mol. The van der Waals surface area contributed by atoms with E-state index in [2.05, 4.69) is 5.32 Å². The first-order valence-electron chi connectivity index (χ1n) is 11.2. The van der Waals surface area contributed by atoms with E-state index < -0.39 is 36.1 Å². The highest BCUT2D eigenvalue weighted by molar-refractivity contribution is 5.84. The normalized spacial score (nSPS) is 14.6. The van der Waals surface area contributed by atoms with Crippen LogP contribution in [-0.4, -0.2) is 48.4 Å². The van der Waals surface area contributed by atoms with E-state index >= 15 is 0 Å². The molecular weight excluding hydrogens is 465 g/mol. The topological polar surface area (TPSA) is 105 Å². The number of carbonyl (C=O) groups is 3. The third kappa shape index (κ3) is 6.32. The van der Waals surface area contributed by atoms with Gasteiger partial charge in [-0.1, -0.05) is 62.4 Å². The maximum Gasteiger partial charge on any atom is 0.419 e. The van der Waals surface area contributed by atoms with E-state index in [1.54, 1.807) is 13.8 Å². The van der Waals surface area contributed by atoms with E-state index in [0.717, 1.165) is 22.3 Å². The highest BCUT2D eigenvalue weighted by atomic mass is 19.4. The molecule has 0 fully saturated rings. The first-order chi connectivity index (χ1) is 16.5. The number of carbonyl (C=O) groups excluding carboxylic acids is 2. The zero-order chi connectivity index (χ0) is 25.8. The zero-order valence-corrected chi connectivity index (χ0v) is 19.3. The molecule has 0 spiro atoms. The Hall–Kier alpha value is -3.56. The highest BCUT2D eigenvalue weighted by Gasteiger charge is 2.46. The van der Waals surface area contributed by atoms with Gasteiger partial charge in [0, 0.05) is 18.9 Å². The van der Waals surface area contributed by atoms with Crippen molar-refractivity contribution in [1.29, 1.82) is 0 Å². The Bertz CT molecular complexity index is 1040. The molecule has 2 aromatic rings. The minimum absolute atomic E-state index is 0.0223. The van der Waals surface area contributed by atoms with Crippen LogP contribution in [0.5, 0.6) is 0 Å². The fourth-order valence-electron chi connectivity index (χ4n) is 4.15. The first-order valence-corrected chi connectivity index (χ1v) is 11.2. The minimum Gasteiger partial charge on any atom is -0.479 e. The number of hydrogen-bond donors (Lipinski definition) is 3. The van der Waals surface area contributed by atoms with Crippen molar-refractivity contribution in [2.45, 2.75) is 38.4 Å². The van der Waals surface area contributed by atoms with Crippen molar-refractivity contribution in [2.75, 3.05) is 13.2 Å². The second-order valence-electron chi connectivity index (χ2n) is 8.80. The third-order valence-electron chi connectivity index (χ3n) is 6.12. The van der Waals surface area contributed by atoms with Gasteiger partial charge in [-0.3, -0.25) is 4.79 Å². The number of nitrogens with one attached hydrogen (secondary N) is 2. The van der Waals surface area contributed by atoms with Crippen LogP contribution in [-0.2, 0) is 14.3 Å². The van der Waals surface area contributed by atoms with Crippen LogP contribution in [0.15, 0.2) is 48.5 Å². The lowest BCUT2D eigenvalue weighted by atomic mass is 9.92. The quantitative estimate of drug-likeness (QED) is 0.484. The SMILES string of the molecule is CC(C)C(CNC(=O)OCC1c2ccccc2-c2ccccc21)CC(=O)NC(C(=O)O)C(F)(F)F. The van der Waals surface area contributed by atoms with Gasteiger partial charge >= 0.3 is 18.2 Å². The van der Waals surface area contributed by atoms with Crippen LogP contribution in [0.3, 0.4) is 0 Å². The van der Waals surface area contributed by atoms with Crippen molar-refractivity contribution in [1.82, 2.24) is 10.6 Å². The molecule has 0 heterocycles. The number of fused-ring (bicyclic) bond motifs is 3. The summed E-state index contributed by atoms with van der Waals surface area (Å²) in [4.78, 5) is 35.3.